The molecule has 19 heavy (non-hydrogen) atoms. The lowest BCUT2D eigenvalue weighted by molar-refractivity contribution is 0.0688. The topological polar surface area (TPSA) is 81.1 Å². The number of carboxylic acid groups (broad SMARTS) is 1. The van der Waals surface area contributed by atoms with Crippen molar-refractivity contribution in [3.05, 3.63) is 47.3 Å². The lowest BCUT2D eigenvalue weighted by atomic mass is 9.92. The fourth-order valence-corrected chi connectivity index (χ4v) is 2.60. The third-order valence-corrected chi connectivity index (χ3v) is 3.51. The number of nitrogens with two attached hydrogens (primary N) is 1. The first-order chi connectivity index (χ1) is 9.16. The zero-order valence-electron chi connectivity index (χ0n) is 10.4. The molecule has 0 amide bonds. The predicted molar refractivity (Wildman–Crippen MR) is 70.5 cm³/mol. The highest BCUT2D eigenvalue weighted by Gasteiger charge is 2.27. The Morgan fingerprint density at radius 1 is 1.37 bits per heavy atom. The molecule has 0 bridgehead atoms. The Bertz CT molecular complexity index is 619. The van der Waals surface area contributed by atoms with Crippen molar-refractivity contribution in [1.29, 1.82) is 0 Å². The third-order valence-electron chi connectivity index (χ3n) is 3.51. The van der Waals surface area contributed by atoms with Crippen molar-refractivity contribution >= 4 is 5.97 Å². The summed E-state index contributed by atoms with van der Waals surface area (Å²) in [6.07, 6.45) is 2.22. The van der Waals surface area contributed by atoms with Crippen molar-refractivity contribution in [3.8, 4) is 5.69 Å². The molecular weight excluding hydrogens is 242 g/mol. The molecule has 1 atom stereocenters. The van der Waals surface area contributed by atoms with Gasteiger partial charge in [-0.1, -0.05) is 18.2 Å². The van der Waals surface area contributed by atoms with E-state index in [0.29, 0.717) is 6.42 Å². The van der Waals surface area contributed by atoms with Gasteiger partial charge < -0.3 is 10.8 Å². The number of hydrogen-bond acceptors (Lipinski definition) is 3. The molecule has 5 nitrogen and oxygen atoms in total. The second-order valence-electron chi connectivity index (χ2n) is 4.83. The molecule has 98 valence electrons. The normalized spacial score (nSPS) is 18.1. The number of carboxylic acids is 1. The maximum absolute atomic E-state index is 11.3. The second-order valence-corrected chi connectivity index (χ2v) is 4.83. The molecule has 0 saturated carbocycles. The van der Waals surface area contributed by atoms with Crippen LogP contribution in [-0.4, -0.2) is 26.9 Å². The maximum Gasteiger partial charge on any atom is 0.356 e. The SMILES string of the molecule is NC1CCc2c(c(C(=O)O)nn2-c2ccccc2)C1. The number of aromatic carboxylic acids is 1. The van der Waals surface area contributed by atoms with Crippen LogP contribution in [-0.2, 0) is 12.8 Å². The molecule has 3 rings (SSSR count). The van der Waals surface area contributed by atoms with Gasteiger partial charge >= 0.3 is 5.97 Å². The van der Waals surface area contributed by atoms with Gasteiger partial charge in [-0.15, -0.1) is 0 Å². The molecular formula is C14H15N3O2. The summed E-state index contributed by atoms with van der Waals surface area (Å²) in [5.41, 5.74) is 8.72. The van der Waals surface area contributed by atoms with Crippen molar-refractivity contribution < 1.29 is 9.90 Å². The summed E-state index contributed by atoms with van der Waals surface area (Å²) in [7, 11) is 0. The molecule has 0 radical (unpaired) electrons. The minimum atomic E-state index is -0.986. The minimum absolute atomic E-state index is 0.0269. The number of nitrogens with zero attached hydrogens (tertiary/aromatic N) is 2. The van der Waals surface area contributed by atoms with Gasteiger partial charge in [0.05, 0.1) is 5.69 Å². The number of carbonyl (C=O) groups is 1. The van der Waals surface area contributed by atoms with Gasteiger partial charge in [0.25, 0.3) is 0 Å². The van der Waals surface area contributed by atoms with E-state index in [4.69, 9.17) is 5.73 Å². The summed E-state index contributed by atoms with van der Waals surface area (Å²) in [6.45, 7) is 0. The fourth-order valence-electron chi connectivity index (χ4n) is 2.60. The average molecular weight is 257 g/mol. The van der Waals surface area contributed by atoms with Gasteiger partial charge in [-0.2, -0.15) is 5.10 Å². The van der Waals surface area contributed by atoms with Crippen LogP contribution in [0, 0.1) is 0 Å². The molecule has 1 aliphatic rings. The minimum Gasteiger partial charge on any atom is -0.476 e. The molecule has 1 unspecified atom stereocenters. The van der Waals surface area contributed by atoms with Crippen LogP contribution >= 0.6 is 0 Å². The van der Waals surface area contributed by atoms with E-state index in [1.165, 1.54) is 0 Å². The molecule has 1 heterocycles. The third kappa shape index (κ3) is 2.02. The molecule has 0 aliphatic heterocycles. The van der Waals surface area contributed by atoms with Crippen LogP contribution in [0.5, 0.6) is 0 Å². The standard InChI is InChI=1S/C14H15N3O2/c15-9-6-7-12-11(8-9)13(14(18)19)16-17(12)10-4-2-1-3-5-10/h1-5,9H,6-8,15H2,(H,18,19). The van der Waals surface area contributed by atoms with E-state index in [1.807, 2.05) is 30.3 Å². The van der Waals surface area contributed by atoms with Crippen LogP contribution in [0.25, 0.3) is 5.69 Å². The molecule has 0 spiro atoms. The fraction of sp³-hybridized carbons (Fsp3) is 0.286. The lowest BCUT2D eigenvalue weighted by Gasteiger charge is -2.19. The van der Waals surface area contributed by atoms with Crippen molar-refractivity contribution in [3.63, 3.8) is 0 Å². The summed E-state index contributed by atoms with van der Waals surface area (Å²) < 4.78 is 1.74. The summed E-state index contributed by atoms with van der Waals surface area (Å²) in [5.74, 6) is -0.986. The molecule has 5 heteroatoms. The van der Waals surface area contributed by atoms with E-state index in [1.54, 1.807) is 4.68 Å². The van der Waals surface area contributed by atoms with E-state index in [9.17, 15) is 9.90 Å². The maximum atomic E-state index is 11.3. The molecule has 1 aromatic carbocycles. The molecule has 0 saturated heterocycles. The largest absolute Gasteiger partial charge is 0.476 e. The molecule has 3 N–H and O–H groups in total. The van der Waals surface area contributed by atoms with Crippen LogP contribution < -0.4 is 5.73 Å². The van der Waals surface area contributed by atoms with Gasteiger partial charge in [0.1, 0.15) is 0 Å². The van der Waals surface area contributed by atoms with E-state index in [0.717, 1.165) is 29.8 Å². The van der Waals surface area contributed by atoms with Crippen molar-refractivity contribution in [2.24, 2.45) is 5.73 Å². The van der Waals surface area contributed by atoms with Crippen molar-refractivity contribution in [2.45, 2.75) is 25.3 Å². The number of rotatable bonds is 2. The smallest absolute Gasteiger partial charge is 0.356 e. The van der Waals surface area contributed by atoms with Crippen molar-refractivity contribution in [1.82, 2.24) is 9.78 Å². The number of benzene rings is 1. The summed E-state index contributed by atoms with van der Waals surface area (Å²) in [5, 5.41) is 13.5. The first kappa shape index (κ1) is 11.9. The summed E-state index contributed by atoms with van der Waals surface area (Å²) in [4.78, 5) is 11.3. The number of para-hydroxylation sites is 1. The van der Waals surface area contributed by atoms with Gasteiger partial charge in [-0.25, -0.2) is 9.48 Å². The quantitative estimate of drug-likeness (QED) is 0.851. The zero-order valence-corrected chi connectivity index (χ0v) is 10.4. The predicted octanol–water partition coefficient (Wildman–Crippen LogP) is 1.39. The highest BCUT2D eigenvalue weighted by molar-refractivity contribution is 5.87. The first-order valence-corrected chi connectivity index (χ1v) is 6.32. The second kappa shape index (κ2) is 4.51. The summed E-state index contributed by atoms with van der Waals surface area (Å²) >= 11 is 0. The van der Waals surface area contributed by atoms with E-state index in [2.05, 4.69) is 5.10 Å². The first-order valence-electron chi connectivity index (χ1n) is 6.32. The molecule has 1 aliphatic carbocycles. The van der Waals surface area contributed by atoms with Gasteiger partial charge in [-0.3, -0.25) is 0 Å². The Morgan fingerprint density at radius 2 is 2.11 bits per heavy atom. The van der Waals surface area contributed by atoms with Gasteiger partial charge in [-0.05, 0) is 31.4 Å². The van der Waals surface area contributed by atoms with Crippen molar-refractivity contribution in [2.75, 3.05) is 0 Å². The number of hydrogen-bond donors (Lipinski definition) is 2. The number of aromatic nitrogens is 2. The van der Waals surface area contributed by atoms with Crippen LogP contribution in [0.2, 0.25) is 0 Å². The Kier molecular flexibility index (Phi) is 2.83. The molecule has 1 aromatic heterocycles. The van der Waals surface area contributed by atoms with Crippen LogP contribution in [0.3, 0.4) is 0 Å². The van der Waals surface area contributed by atoms with Crippen LogP contribution in [0.4, 0.5) is 0 Å². The zero-order chi connectivity index (χ0) is 13.4. The average Bonchev–Trinajstić information content (AvgIpc) is 2.78. The van der Waals surface area contributed by atoms with Gasteiger partial charge in [0.2, 0.25) is 0 Å². The Morgan fingerprint density at radius 3 is 2.79 bits per heavy atom. The van der Waals surface area contributed by atoms with Gasteiger partial charge in [0, 0.05) is 17.3 Å². The van der Waals surface area contributed by atoms with Crippen LogP contribution in [0.15, 0.2) is 30.3 Å². The Balaban J connectivity index is 2.17. The van der Waals surface area contributed by atoms with E-state index < -0.39 is 5.97 Å². The highest BCUT2D eigenvalue weighted by Crippen LogP contribution is 2.26. The lowest BCUT2D eigenvalue weighted by Crippen LogP contribution is -2.29. The summed E-state index contributed by atoms with van der Waals surface area (Å²) in [6, 6.07) is 9.63. The monoisotopic (exact) mass is 257 g/mol. The number of fused-ring (bicyclic) bond motifs is 1. The van der Waals surface area contributed by atoms with Gasteiger partial charge in [0.15, 0.2) is 5.69 Å². The Labute approximate surface area is 110 Å². The Hall–Kier alpha value is -2.14. The highest BCUT2D eigenvalue weighted by atomic mass is 16.4. The molecule has 0 fully saturated rings. The van der Waals surface area contributed by atoms with Crippen LogP contribution in [0.1, 0.15) is 28.2 Å². The molecule has 2 aromatic rings. The van der Waals surface area contributed by atoms with E-state index >= 15 is 0 Å². The van der Waals surface area contributed by atoms with E-state index in [-0.39, 0.29) is 11.7 Å².